The molecule has 1 aromatic rings. The van der Waals surface area contributed by atoms with E-state index in [1.165, 1.54) is 5.56 Å². The van der Waals surface area contributed by atoms with Crippen LogP contribution >= 0.6 is 23.2 Å². The summed E-state index contributed by atoms with van der Waals surface area (Å²) in [4.78, 5) is 2.10. The summed E-state index contributed by atoms with van der Waals surface area (Å²) in [7, 11) is 3.71. The van der Waals surface area contributed by atoms with Gasteiger partial charge < -0.3 is 4.74 Å². The molecular formula is C11H15Cl2NO. The third-order valence-corrected chi connectivity index (χ3v) is 2.85. The highest BCUT2D eigenvalue weighted by Crippen LogP contribution is 2.22. The summed E-state index contributed by atoms with van der Waals surface area (Å²) in [5.74, 6) is 0. The molecule has 0 spiro atoms. The van der Waals surface area contributed by atoms with Gasteiger partial charge in [-0.15, -0.1) is 0 Å². The molecule has 0 saturated heterocycles. The van der Waals surface area contributed by atoms with Gasteiger partial charge in [0.1, 0.15) is 0 Å². The smallest absolute Gasteiger partial charge is 0.0984 e. The van der Waals surface area contributed by atoms with Gasteiger partial charge in [-0.05, 0) is 31.2 Å². The molecule has 0 bridgehead atoms. The quantitative estimate of drug-likeness (QED) is 0.742. The second kappa shape index (κ2) is 6.33. The predicted molar refractivity (Wildman–Crippen MR) is 64.7 cm³/mol. The summed E-state index contributed by atoms with van der Waals surface area (Å²) in [6, 6.07) is 5.73. The number of hydrogen-bond acceptors (Lipinski definition) is 2. The standard InChI is InChI=1S/C11H15Cl2NO/c1-14(8-15-2)6-5-9-3-4-10(12)11(13)7-9/h3-4,7H,5-6,8H2,1-2H3. The minimum atomic E-state index is 0.602. The van der Waals surface area contributed by atoms with Gasteiger partial charge in [0.05, 0.1) is 16.8 Å². The van der Waals surface area contributed by atoms with Crippen LogP contribution in [0.4, 0.5) is 0 Å². The van der Waals surface area contributed by atoms with Crippen LogP contribution in [-0.4, -0.2) is 32.3 Å². The maximum atomic E-state index is 5.92. The Hall–Kier alpha value is -0.280. The zero-order valence-corrected chi connectivity index (χ0v) is 10.5. The Bertz CT molecular complexity index is 317. The van der Waals surface area contributed by atoms with Crippen LogP contribution in [-0.2, 0) is 11.2 Å². The van der Waals surface area contributed by atoms with Gasteiger partial charge in [0.15, 0.2) is 0 Å². The lowest BCUT2D eigenvalue weighted by Gasteiger charge is -2.15. The molecule has 0 aliphatic rings. The number of rotatable bonds is 5. The zero-order chi connectivity index (χ0) is 11.3. The largest absolute Gasteiger partial charge is 0.369 e. The van der Waals surface area contributed by atoms with Gasteiger partial charge in [-0.1, -0.05) is 29.3 Å². The zero-order valence-electron chi connectivity index (χ0n) is 8.96. The summed E-state index contributed by atoms with van der Waals surface area (Å²) >= 11 is 11.8. The highest BCUT2D eigenvalue weighted by Gasteiger charge is 2.01. The van der Waals surface area contributed by atoms with Crippen molar-refractivity contribution in [1.29, 1.82) is 0 Å². The molecule has 0 N–H and O–H groups in total. The Balaban J connectivity index is 2.47. The molecule has 0 amide bonds. The number of halogens is 2. The van der Waals surface area contributed by atoms with Crippen molar-refractivity contribution in [3.05, 3.63) is 33.8 Å². The number of methoxy groups -OCH3 is 1. The molecule has 0 radical (unpaired) electrons. The Morgan fingerprint density at radius 3 is 2.60 bits per heavy atom. The van der Waals surface area contributed by atoms with Crippen LogP contribution < -0.4 is 0 Å². The molecule has 0 aromatic heterocycles. The molecule has 0 saturated carbocycles. The maximum absolute atomic E-state index is 5.92. The van der Waals surface area contributed by atoms with Gasteiger partial charge in [0, 0.05) is 13.7 Å². The van der Waals surface area contributed by atoms with E-state index in [9.17, 15) is 0 Å². The van der Waals surface area contributed by atoms with E-state index < -0.39 is 0 Å². The van der Waals surface area contributed by atoms with Crippen LogP contribution in [0.1, 0.15) is 5.56 Å². The Morgan fingerprint density at radius 1 is 1.27 bits per heavy atom. The first kappa shape index (κ1) is 12.8. The Labute approximate surface area is 101 Å². The van der Waals surface area contributed by atoms with Crippen LogP contribution in [0.3, 0.4) is 0 Å². The van der Waals surface area contributed by atoms with Crippen molar-refractivity contribution in [3.63, 3.8) is 0 Å². The van der Waals surface area contributed by atoms with E-state index in [2.05, 4.69) is 4.90 Å². The second-order valence-electron chi connectivity index (χ2n) is 3.50. The highest BCUT2D eigenvalue weighted by atomic mass is 35.5. The lowest BCUT2D eigenvalue weighted by Crippen LogP contribution is -2.23. The predicted octanol–water partition coefficient (Wildman–Crippen LogP) is 3.07. The number of hydrogen-bond donors (Lipinski definition) is 0. The van der Waals surface area contributed by atoms with Crippen molar-refractivity contribution in [3.8, 4) is 0 Å². The van der Waals surface area contributed by atoms with E-state index in [0.717, 1.165) is 13.0 Å². The van der Waals surface area contributed by atoms with E-state index >= 15 is 0 Å². The Morgan fingerprint density at radius 2 is 2.00 bits per heavy atom. The first-order chi connectivity index (χ1) is 7.13. The summed E-state index contributed by atoms with van der Waals surface area (Å²) in [5, 5.41) is 1.22. The summed E-state index contributed by atoms with van der Waals surface area (Å²) in [5.41, 5.74) is 1.19. The fourth-order valence-electron chi connectivity index (χ4n) is 1.30. The molecule has 0 heterocycles. The average molecular weight is 248 g/mol. The minimum absolute atomic E-state index is 0.602. The van der Waals surface area contributed by atoms with E-state index in [1.54, 1.807) is 7.11 Å². The van der Waals surface area contributed by atoms with Crippen molar-refractivity contribution in [1.82, 2.24) is 4.90 Å². The molecule has 0 unspecified atom stereocenters. The summed E-state index contributed by atoms with van der Waals surface area (Å²) in [6.45, 7) is 1.58. The Kier molecular flexibility index (Phi) is 5.40. The lowest BCUT2D eigenvalue weighted by atomic mass is 10.1. The molecule has 1 aromatic carbocycles. The van der Waals surface area contributed by atoms with Crippen LogP contribution in [0.5, 0.6) is 0 Å². The van der Waals surface area contributed by atoms with Crippen LogP contribution in [0.15, 0.2) is 18.2 Å². The van der Waals surface area contributed by atoms with Crippen molar-refractivity contribution in [2.75, 3.05) is 27.4 Å². The summed E-state index contributed by atoms with van der Waals surface area (Å²) < 4.78 is 5.01. The third kappa shape index (κ3) is 4.39. The summed E-state index contributed by atoms with van der Waals surface area (Å²) in [6.07, 6.45) is 0.941. The molecule has 15 heavy (non-hydrogen) atoms. The molecule has 0 atom stereocenters. The van der Waals surface area contributed by atoms with Crippen molar-refractivity contribution < 1.29 is 4.74 Å². The van der Waals surface area contributed by atoms with Crippen molar-refractivity contribution in [2.24, 2.45) is 0 Å². The number of likely N-dealkylation sites (N-methyl/N-ethyl adjacent to an activating group) is 1. The van der Waals surface area contributed by atoms with E-state index in [1.807, 2.05) is 25.2 Å². The molecule has 0 aliphatic heterocycles. The molecule has 4 heteroatoms. The highest BCUT2D eigenvalue weighted by molar-refractivity contribution is 6.42. The molecule has 84 valence electrons. The van der Waals surface area contributed by atoms with E-state index in [0.29, 0.717) is 16.8 Å². The fraction of sp³-hybridized carbons (Fsp3) is 0.455. The fourth-order valence-corrected chi connectivity index (χ4v) is 1.62. The SMILES string of the molecule is COCN(C)CCc1ccc(Cl)c(Cl)c1. The molecule has 0 fully saturated rings. The molecule has 2 nitrogen and oxygen atoms in total. The van der Waals surface area contributed by atoms with Crippen LogP contribution in [0.25, 0.3) is 0 Å². The topological polar surface area (TPSA) is 12.5 Å². The monoisotopic (exact) mass is 247 g/mol. The minimum Gasteiger partial charge on any atom is -0.369 e. The normalized spacial score (nSPS) is 11.0. The van der Waals surface area contributed by atoms with Gasteiger partial charge >= 0.3 is 0 Å². The van der Waals surface area contributed by atoms with Crippen LogP contribution in [0, 0.1) is 0 Å². The van der Waals surface area contributed by atoms with Gasteiger partial charge in [0.2, 0.25) is 0 Å². The number of nitrogens with zero attached hydrogens (tertiary/aromatic N) is 1. The van der Waals surface area contributed by atoms with Crippen LogP contribution in [0.2, 0.25) is 10.0 Å². The van der Waals surface area contributed by atoms with Gasteiger partial charge in [-0.3, -0.25) is 4.90 Å². The second-order valence-corrected chi connectivity index (χ2v) is 4.31. The van der Waals surface area contributed by atoms with Gasteiger partial charge in [-0.25, -0.2) is 0 Å². The number of benzene rings is 1. The van der Waals surface area contributed by atoms with E-state index in [-0.39, 0.29) is 0 Å². The van der Waals surface area contributed by atoms with Gasteiger partial charge in [-0.2, -0.15) is 0 Å². The third-order valence-electron chi connectivity index (χ3n) is 2.12. The molecule has 1 rings (SSSR count). The first-order valence-electron chi connectivity index (χ1n) is 4.75. The lowest BCUT2D eigenvalue weighted by molar-refractivity contribution is 0.0827. The van der Waals surface area contributed by atoms with Gasteiger partial charge in [0.25, 0.3) is 0 Å². The molecular weight excluding hydrogens is 233 g/mol. The maximum Gasteiger partial charge on any atom is 0.0984 e. The first-order valence-corrected chi connectivity index (χ1v) is 5.50. The molecule has 0 aliphatic carbocycles. The number of ether oxygens (including phenoxy) is 1. The van der Waals surface area contributed by atoms with Crippen molar-refractivity contribution >= 4 is 23.2 Å². The van der Waals surface area contributed by atoms with Crippen molar-refractivity contribution in [2.45, 2.75) is 6.42 Å². The average Bonchev–Trinajstić information content (AvgIpc) is 2.20. The van der Waals surface area contributed by atoms with E-state index in [4.69, 9.17) is 27.9 Å².